The van der Waals surface area contributed by atoms with Crippen LogP contribution in [0, 0.1) is 0 Å². The Bertz CT molecular complexity index is 657. The third-order valence-corrected chi connectivity index (χ3v) is 3.21. The van der Waals surface area contributed by atoms with Crippen molar-refractivity contribution in [2.24, 2.45) is 0 Å². The van der Waals surface area contributed by atoms with Crippen LogP contribution in [0.4, 0.5) is 0 Å². The summed E-state index contributed by atoms with van der Waals surface area (Å²) in [7, 11) is 0. The number of hydrogen-bond donors (Lipinski definition) is 1. The van der Waals surface area contributed by atoms with Gasteiger partial charge in [0.05, 0.1) is 0 Å². The van der Waals surface area contributed by atoms with Crippen molar-refractivity contribution in [3.05, 3.63) is 66.7 Å². The molecule has 0 aromatic heterocycles. The number of fused-ring (bicyclic) bond motifs is 1. The summed E-state index contributed by atoms with van der Waals surface area (Å²) in [6.45, 7) is 0. The summed E-state index contributed by atoms with van der Waals surface area (Å²) in [5.41, 5.74) is 2.51. The molecule has 0 radical (unpaired) electrons. The van der Waals surface area contributed by atoms with Crippen LogP contribution in [-0.4, -0.2) is 0 Å². The lowest BCUT2D eigenvalue weighted by molar-refractivity contribution is 1.52. The monoisotopic (exact) mass is 236 g/mol. The molecule has 0 heterocycles. The third kappa shape index (κ3) is 2.06. The van der Waals surface area contributed by atoms with E-state index in [0.29, 0.717) is 0 Å². The first-order valence-electron chi connectivity index (χ1n) is 5.61. The van der Waals surface area contributed by atoms with E-state index in [9.17, 15) is 0 Å². The zero-order valence-corrected chi connectivity index (χ0v) is 10.2. The fourth-order valence-electron chi connectivity index (χ4n) is 2.04. The summed E-state index contributed by atoms with van der Waals surface area (Å²) in [4.78, 5) is 1.00. The van der Waals surface area contributed by atoms with Gasteiger partial charge in [-0.15, -0.1) is 12.6 Å². The average Bonchev–Trinajstić information content (AvgIpc) is 2.39. The molecule has 1 heteroatoms. The lowest BCUT2D eigenvalue weighted by Gasteiger charge is -2.04. The topological polar surface area (TPSA) is 0 Å². The van der Waals surface area contributed by atoms with Gasteiger partial charge in [0.1, 0.15) is 0 Å². The molecule has 82 valence electrons. The van der Waals surface area contributed by atoms with Crippen molar-refractivity contribution in [2.75, 3.05) is 0 Å². The van der Waals surface area contributed by atoms with Gasteiger partial charge < -0.3 is 0 Å². The van der Waals surface area contributed by atoms with Crippen molar-refractivity contribution in [2.45, 2.75) is 4.90 Å². The second-order valence-corrected chi connectivity index (χ2v) is 4.63. The van der Waals surface area contributed by atoms with Gasteiger partial charge in [0.15, 0.2) is 0 Å². The molecule has 17 heavy (non-hydrogen) atoms. The third-order valence-electron chi connectivity index (χ3n) is 2.93. The highest BCUT2D eigenvalue weighted by molar-refractivity contribution is 7.80. The van der Waals surface area contributed by atoms with E-state index < -0.39 is 0 Å². The summed E-state index contributed by atoms with van der Waals surface area (Å²) in [5, 5.41) is 2.49. The van der Waals surface area contributed by atoms with E-state index in [1.165, 1.54) is 21.9 Å². The summed E-state index contributed by atoms with van der Waals surface area (Å²) in [6, 6.07) is 23.2. The Morgan fingerprint density at radius 3 is 2.12 bits per heavy atom. The molecule has 0 bridgehead atoms. The van der Waals surface area contributed by atoms with Gasteiger partial charge in [-0.2, -0.15) is 0 Å². The number of thiol groups is 1. The van der Waals surface area contributed by atoms with E-state index in [0.717, 1.165) is 4.90 Å². The van der Waals surface area contributed by atoms with Crippen LogP contribution in [-0.2, 0) is 0 Å². The minimum atomic E-state index is 1.00. The average molecular weight is 236 g/mol. The number of hydrogen-bond acceptors (Lipinski definition) is 1. The van der Waals surface area contributed by atoms with Gasteiger partial charge in [-0.1, -0.05) is 48.5 Å². The Morgan fingerprint density at radius 2 is 1.29 bits per heavy atom. The van der Waals surface area contributed by atoms with Crippen LogP contribution in [0.5, 0.6) is 0 Å². The molecule has 0 N–H and O–H groups in total. The smallest absolute Gasteiger partial charge is 0.00463 e. The van der Waals surface area contributed by atoms with Crippen molar-refractivity contribution in [3.63, 3.8) is 0 Å². The predicted molar refractivity (Wildman–Crippen MR) is 76.6 cm³/mol. The first kappa shape index (κ1) is 10.4. The van der Waals surface area contributed by atoms with Crippen LogP contribution < -0.4 is 0 Å². The summed E-state index contributed by atoms with van der Waals surface area (Å²) in [6.07, 6.45) is 0. The molecule has 3 aromatic carbocycles. The Kier molecular flexibility index (Phi) is 2.62. The number of rotatable bonds is 1. The minimum absolute atomic E-state index is 1.00. The number of benzene rings is 3. The van der Waals surface area contributed by atoms with Gasteiger partial charge in [-0.25, -0.2) is 0 Å². The molecular weight excluding hydrogens is 224 g/mol. The molecule has 0 saturated carbocycles. The van der Waals surface area contributed by atoms with Gasteiger partial charge in [-0.3, -0.25) is 0 Å². The van der Waals surface area contributed by atoms with E-state index >= 15 is 0 Å². The Hall–Kier alpha value is -1.73. The van der Waals surface area contributed by atoms with Crippen LogP contribution in [0.25, 0.3) is 21.9 Å². The normalized spacial score (nSPS) is 10.6. The van der Waals surface area contributed by atoms with E-state index in [2.05, 4.69) is 67.2 Å². The predicted octanol–water partition coefficient (Wildman–Crippen LogP) is 4.80. The molecular formula is C16H12S. The Balaban J connectivity index is 2.17. The van der Waals surface area contributed by atoms with Crippen molar-refractivity contribution < 1.29 is 0 Å². The molecule has 0 aliphatic heterocycles. The lowest BCUT2D eigenvalue weighted by atomic mass is 10.0. The summed E-state index contributed by atoms with van der Waals surface area (Å²) >= 11 is 4.36. The molecule has 0 aliphatic carbocycles. The van der Waals surface area contributed by atoms with Gasteiger partial charge >= 0.3 is 0 Å². The zero-order chi connectivity index (χ0) is 11.7. The quantitative estimate of drug-likeness (QED) is 0.577. The molecule has 0 saturated heterocycles. The first-order valence-corrected chi connectivity index (χ1v) is 6.06. The summed E-state index contributed by atoms with van der Waals surface area (Å²) < 4.78 is 0. The maximum absolute atomic E-state index is 4.36. The standard InChI is InChI=1S/C16H12S/c17-16-9-8-14-10-13(6-7-15(14)11-16)12-4-2-1-3-5-12/h1-11,17H. The molecule has 0 unspecified atom stereocenters. The molecule has 0 amide bonds. The molecule has 3 aromatic rings. The highest BCUT2D eigenvalue weighted by atomic mass is 32.1. The largest absolute Gasteiger partial charge is 0.143 e. The van der Waals surface area contributed by atoms with Crippen molar-refractivity contribution in [3.8, 4) is 11.1 Å². The zero-order valence-electron chi connectivity index (χ0n) is 9.30. The molecule has 0 fully saturated rings. The Labute approximate surface area is 106 Å². The van der Waals surface area contributed by atoms with Crippen LogP contribution in [0.15, 0.2) is 71.6 Å². The second kappa shape index (κ2) is 4.27. The fourth-order valence-corrected chi connectivity index (χ4v) is 2.26. The molecule has 3 rings (SSSR count). The SMILES string of the molecule is Sc1ccc2cc(-c3ccccc3)ccc2c1. The molecule has 0 atom stereocenters. The fraction of sp³-hybridized carbons (Fsp3) is 0. The summed E-state index contributed by atoms with van der Waals surface area (Å²) in [5.74, 6) is 0. The minimum Gasteiger partial charge on any atom is -0.143 e. The van der Waals surface area contributed by atoms with Crippen molar-refractivity contribution in [1.29, 1.82) is 0 Å². The van der Waals surface area contributed by atoms with Crippen LogP contribution in [0.2, 0.25) is 0 Å². The van der Waals surface area contributed by atoms with Gasteiger partial charge in [-0.05, 0) is 40.1 Å². The van der Waals surface area contributed by atoms with Gasteiger partial charge in [0, 0.05) is 4.90 Å². The van der Waals surface area contributed by atoms with E-state index in [-0.39, 0.29) is 0 Å². The molecule has 0 nitrogen and oxygen atoms in total. The van der Waals surface area contributed by atoms with E-state index in [4.69, 9.17) is 0 Å². The van der Waals surface area contributed by atoms with Crippen LogP contribution in [0.3, 0.4) is 0 Å². The lowest BCUT2D eigenvalue weighted by Crippen LogP contribution is -1.78. The molecule has 0 spiro atoms. The van der Waals surface area contributed by atoms with Gasteiger partial charge in [0.25, 0.3) is 0 Å². The first-order chi connectivity index (χ1) is 8.33. The van der Waals surface area contributed by atoms with Crippen LogP contribution >= 0.6 is 12.6 Å². The maximum Gasteiger partial charge on any atom is 0.00463 e. The van der Waals surface area contributed by atoms with Crippen molar-refractivity contribution >= 4 is 23.4 Å². The maximum atomic E-state index is 4.36. The van der Waals surface area contributed by atoms with E-state index in [1.54, 1.807) is 0 Å². The highest BCUT2D eigenvalue weighted by Crippen LogP contribution is 2.25. The highest BCUT2D eigenvalue weighted by Gasteiger charge is 1.99. The molecule has 0 aliphatic rings. The Morgan fingerprint density at radius 1 is 0.588 bits per heavy atom. The second-order valence-electron chi connectivity index (χ2n) is 4.11. The van der Waals surface area contributed by atoms with Gasteiger partial charge in [0.2, 0.25) is 0 Å². The van der Waals surface area contributed by atoms with Crippen LogP contribution in [0.1, 0.15) is 0 Å². The van der Waals surface area contributed by atoms with E-state index in [1.807, 2.05) is 12.1 Å². The van der Waals surface area contributed by atoms with Crippen molar-refractivity contribution in [1.82, 2.24) is 0 Å².